The van der Waals surface area contributed by atoms with Crippen LogP contribution in [0.25, 0.3) is 0 Å². The van der Waals surface area contributed by atoms with Crippen molar-refractivity contribution < 1.29 is 18.0 Å². The second-order valence-corrected chi connectivity index (χ2v) is 9.68. The van der Waals surface area contributed by atoms with E-state index in [1.807, 2.05) is 45.0 Å². The number of rotatable bonds is 11. The Hall–Kier alpha value is -2.87. The highest BCUT2D eigenvalue weighted by Crippen LogP contribution is 2.20. The molecule has 2 aromatic carbocycles. The molecule has 7 nitrogen and oxygen atoms in total. The number of anilines is 1. The Kier molecular flexibility index (Phi) is 9.26. The van der Waals surface area contributed by atoms with Crippen molar-refractivity contribution in [1.82, 2.24) is 10.2 Å². The molecule has 0 spiro atoms. The Morgan fingerprint density at radius 3 is 2.19 bits per heavy atom. The van der Waals surface area contributed by atoms with Crippen molar-refractivity contribution in [3.63, 3.8) is 0 Å². The summed E-state index contributed by atoms with van der Waals surface area (Å²) in [5, 5.41) is 2.87. The third kappa shape index (κ3) is 6.82. The molecule has 0 radical (unpaired) electrons. The van der Waals surface area contributed by atoms with E-state index in [1.165, 1.54) is 4.90 Å². The standard InChI is InChI=1S/C24H33N3O4S/c1-5-16-25-24(29)22(6-2)26(17-20-13-11-10-12-19(20)3)23(28)18-27(32(4,30)31)21-14-8-7-9-15-21/h7-15,22H,5-6,16-18H2,1-4H3,(H,25,29). The molecule has 2 aromatic rings. The first-order valence-corrected chi connectivity index (χ1v) is 12.7. The van der Waals surface area contributed by atoms with Gasteiger partial charge in [0, 0.05) is 13.1 Å². The number of amides is 2. The van der Waals surface area contributed by atoms with Crippen LogP contribution in [0.1, 0.15) is 37.8 Å². The number of nitrogens with one attached hydrogen (secondary N) is 1. The lowest BCUT2D eigenvalue weighted by molar-refractivity contribution is -0.140. The molecular weight excluding hydrogens is 426 g/mol. The number of hydrogen-bond acceptors (Lipinski definition) is 4. The summed E-state index contributed by atoms with van der Waals surface area (Å²) in [6.07, 6.45) is 2.27. The van der Waals surface area contributed by atoms with Gasteiger partial charge in [-0.3, -0.25) is 13.9 Å². The first kappa shape index (κ1) is 25.4. The van der Waals surface area contributed by atoms with Crippen molar-refractivity contribution in [2.75, 3.05) is 23.7 Å². The van der Waals surface area contributed by atoms with E-state index in [0.717, 1.165) is 28.1 Å². The summed E-state index contributed by atoms with van der Waals surface area (Å²) in [5.41, 5.74) is 2.31. The van der Waals surface area contributed by atoms with Gasteiger partial charge in [-0.25, -0.2) is 8.42 Å². The summed E-state index contributed by atoms with van der Waals surface area (Å²) in [4.78, 5) is 27.9. The molecule has 32 heavy (non-hydrogen) atoms. The normalized spacial score (nSPS) is 12.1. The largest absolute Gasteiger partial charge is 0.354 e. The van der Waals surface area contributed by atoms with Crippen molar-refractivity contribution in [1.29, 1.82) is 0 Å². The van der Waals surface area contributed by atoms with Crippen LogP contribution in [0.3, 0.4) is 0 Å². The van der Waals surface area contributed by atoms with E-state index in [-0.39, 0.29) is 19.0 Å². The minimum absolute atomic E-state index is 0.218. The number of para-hydroxylation sites is 1. The van der Waals surface area contributed by atoms with Crippen molar-refractivity contribution >= 4 is 27.5 Å². The molecule has 1 unspecified atom stereocenters. The molecule has 8 heteroatoms. The predicted molar refractivity (Wildman–Crippen MR) is 128 cm³/mol. The minimum Gasteiger partial charge on any atom is -0.354 e. The number of aryl methyl sites for hydroxylation is 1. The van der Waals surface area contributed by atoms with Gasteiger partial charge < -0.3 is 10.2 Å². The maximum absolute atomic E-state index is 13.5. The molecule has 0 saturated heterocycles. The fourth-order valence-corrected chi connectivity index (χ4v) is 4.31. The lowest BCUT2D eigenvalue weighted by Crippen LogP contribution is -2.52. The van der Waals surface area contributed by atoms with Gasteiger partial charge in [-0.15, -0.1) is 0 Å². The monoisotopic (exact) mass is 459 g/mol. The third-order valence-corrected chi connectivity index (χ3v) is 6.40. The average molecular weight is 460 g/mol. The van der Waals surface area contributed by atoms with E-state index >= 15 is 0 Å². The van der Waals surface area contributed by atoms with Crippen LogP contribution in [-0.2, 0) is 26.2 Å². The quantitative estimate of drug-likeness (QED) is 0.559. The number of hydrogen-bond donors (Lipinski definition) is 1. The Morgan fingerprint density at radius 2 is 1.62 bits per heavy atom. The number of sulfonamides is 1. The van der Waals surface area contributed by atoms with Crippen molar-refractivity contribution in [2.24, 2.45) is 0 Å². The van der Waals surface area contributed by atoms with Gasteiger partial charge in [-0.05, 0) is 43.0 Å². The van der Waals surface area contributed by atoms with Gasteiger partial charge in [0.15, 0.2) is 0 Å². The summed E-state index contributed by atoms with van der Waals surface area (Å²) < 4.78 is 26.1. The number of carbonyl (C=O) groups excluding carboxylic acids is 2. The molecular formula is C24H33N3O4S. The molecule has 0 aliphatic carbocycles. The number of nitrogens with zero attached hydrogens (tertiary/aromatic N) is 2. The Bertz CT molecular complexity index is 1010. The molecule has 0 fully saturated rings. The van der Waals surface area contributed by atoms with Gasteiger partial charge >= 0.3 is 0 Å². The van der Waals surface area contributed by atoms with Gasteiger partial charge in [0.2, 0.25) is 21.8 Å². The maximum atomic E-state index is 13.5. The van der Waals surface area contributed by atoms with E-state index in [0.29, 0.717) is 18.7 Å². The summed E-state index contributed by atoms with van der Waals surface area (Å²) in [5.74, 6) is -0.664. The zero-order valence-electron chi connectivity index (χ0n) is 19.2. The molecule has 2 rings (SSSR count). The Morgan fingerprint density at radius 1 is 1.00 bits per heavy atom. The van der Waals surface area contributed by atoms with Gasteiger partial charge in [0.05, 0.1) is 11.9 Å². The SMILES string of the molecule is CCCNC(=O)C(CC)N(Cc1ccccc1C)C(=O)CN(c1ccccc1)S(C)(=O)=O. The highest BCUT2D eigenvalue weighted by molar-refractivity contribution is 7.92. The summed E-state index contributed by atoms with van der Waals surface area (Å²) >= 11 is 0. The molecule has 1 atom stereocenters. The van der Waals surface area contributed by atoms with Crippen LogP contribution in [0, 0.1) is 6.92 Å². The molecule has 1 N–H and O–H groups in total. The third-order valence-electron chi connectivity index (χ3n) is 5.26. The van der Waals surface area contributed by atoms with Crippen molar-refractivity contribution in [2.45, 2.75) is 46.2 Å². The predicted octanol–water partition coefficient (Wildman–Crippen LogP) is 3.09. The van der Waals surface area contributed by atoms with Crippen LogP contribution in [0.5, 0.6) is 0 Å². The van der Waals surface area contributed by atoms with Crippen molar-refractivity contribution in [3.05, 3.63) is 65.7 Å². The molecule has 0 bridgehead atoms. The van der Waals surface area contributed by atoms with Crippen LogP contribution >= 0.6 is 0 Å². The van der Waals surface area contributed by atoms with E-state index in [9.17, 15) is 18.0 Å². The highest BCUT2D eigenvalue weighted by atomic mass is 32.2. The van der Waals surface area contributed by atoms with Gasteiger partial charge in [0.1, 0.15) is 12.6 Å². The van der Waals surface area contributed by atoms with Gasteiger partial charge in [0.25, 0.3) is 0 Å². The molecule has 2 amide bonds. The van der Waals surface area contributed by atoms with Crippen LogP contribution in [0.4, 0.5) is 5.69 Å². The lowest BCUT2D eigenvalue weighted by Gasteiger charge is -2.33. The van der Waals surface area contributed by atoms with E-state index < -0.39 is 22.0 Å². The second kappa shape index (κ2) is 11.7. The van der Waals surface area contributed by atoms with Crippen molar-refractivity contribution in [3.8, 4) is 0 Å². The minimum atomic E-state index is -3.71. The summed E-state index contributed by atoms with van der Waals surface area (Å²) in [7, 11) is -3.71. The molecule has 0 aliphatic rings. The fourth-order valence-electron chi connectivity index (χ4n) is 3.46. The van der Waals surface area contributed by atoms with Crippen LogP contribution < -0.4 is 9.62 Å². The van der Waals surface area contributed by atoms with Crippen LogP contribution in [-0.4, -0.2) is 50.5 Å². The topological polar surface area (TPSA) is 86.8 Å². The Labute approximate surface area is 191 Å². The smallest absolute Gasteiger partial charge is 0.244 e. The molecule has 0 aliphatic heterocycles. The first-order valence-electron chi connectivity index (χ1n) is 10.8. The number of benzene rings is 2. The Balaban J connectivity index is 2.41. The second-order valence-electron chi connectivity index (χ2n) is 7.77. The highest BCUT2D eigenvalue weighted by Gasteiger charge is 2.31. The molecule has 0 heterocycles. The zero-order chi connectivity index (χ0) is 23.7. The molecule has 0 saturated carbocycles. The van der Waals surface area contributed by atoms with Crippen LogP contribution in [0.2, 0.25) is 0 Å². The fraction of sp³-hybridized carbons (Fsp3) is 0.417. The summed E-state index contributed by atoms with van der Waals surface area (Å²) in [6, 6.07) is 15.5. The zero-order valence-corrected chi connectivity index (χ0v) is 20.1. The average Bonchev–Trinajstić information content (AvgIpc) is 2.76. The van der Waals surface area contributed by atoms with E-state index in [4.69, 9.17) is 0 Å². The molecule has 0 aromatic heterocycles. The van der Waals surface area contributed by atoms with E-state index in [1.54, 1.807) is 30.3 Å². The van der Waals surface area contributed by atoms with Gasteiger partial charge in [-0.1, -0.05) is 56.3 Å². The van der Waals surface area contributed by atoms with E-state index in [2.05, 4.69) is 5.32 Å². The maximum Gasteiger partial charge on any atom is 0.244 e. The lowest BCUT2D eigenvalue weighted by atomic mass is 10.1. The van der Waals surface area contributed by atoms with Crippen LogP contribution in [0.15, 0.2) is 54.6 Å². The van der Waals surface area contributed by atoms with Gasteiger partial charge in [-0.2, -0.15) is 0 Å². The molecule has 174 valence electrons. The number of carbonyl (C=O) groups is 2. The first-order chi connectivity index (χ1) is 15.2. The summed E-state index contributed by atoms with van der Waals surface area (Å²) in [6.45, 7) is 6.10.